The number of phenolic OH excluding ortho intramolecular Hbond substituents is 2. The van der Waals surface area contributed by atoms with Gasteiger partial charge in [0.25, 0.3) is 0 Å². The Balaban J connectivity index is 1.84. The number of rotatable bonds is 3. The normalized spacial score (nSPS) is 10.4. The number of nitrogens with zero attached hydrogens (tertiary/aromatic N) is 2. The molecule has 0 bridgehead atoms. The van der Waals surface area contributed by atoms with E-state index in [9.17, 15) is 10.2 Å². The molecule has 0 fully saturated rings. The molecule has 0 amide bonds. The van der Waals surface area contributed by atoms with Gasteiger partial charge in [-0.2, -0.15) is 0 Å². The molecule has 0 aliphatic rings. The molecule has 0 unspecified atom stereocenters. The van der Waals surface area contributed by atoms with Crippen molar-refractivity contribution in [2.24, 2.45) is 0 Å². The molecule has 3 N–H and O–H groups in total. The van der Waals surface area contributed by atoms with E-state index in [1.165, 1.54) is 23.5 Å². The van der Waals surface area contributed by atoms with Gasteiger partial charge in [0.05, 0.1) is 4.88 Å². The van der Waals surface area contributed by atoms with E-state index in [-0.39, 0.29) is 11.5 Å². The van der Waals surface area contributed by atoms with E-state index in [2.05, 4.69) is 15.3 Å². The van der Waals surface area contributed by atoms with E-state index >= 15 is 0 Å². The van der Waals surface area contributed by atoms with Gasteiger partial charge in [-0.05, 0) is 35.9 Å². The summed E-state index contributed by atoms with van der Waals surface area (Å²) >= 11 is 1.44. The minimum absolute atomic E-state index is 0.134. The van der Waals surface area contributed by atoms with Gasteiger partial charge in [-0.15, -0.1) is 0 Å². The van der Waals surface area contributed by atoms with Crippen LogP contribution in [0.1, 0.15) is 0 Å². The first kappa shape index (κ1) is 12.4. The predicted octanol–water partition coefficient (Wildman–Crippen LogP) is 3.36. The van der Waals surface area contributed by atoms with Crippen molar-refractivity contribution in [1.29, 1.82) is 0 Å². The van der Waals surface area contributed by atoms with Gasteiger partial charge in [-0.1, -0.05) is 17.4 Å². The molecule has 20 heavy (non-hydrogen) atoms. The molecule has 0 radical (unpaired) electrons. The lowest BCUT2D eigenvalue weighted by Gasteiger charge is -2.01. The highest BCUT2D eigenvalue weighted by Gasteiger charge is 2.07. The molecule has 0 atom stereocenters. The number of aromatic nitrogens is 2. The maximum atomic E-state index is 9.51. The molecular weight excluding hydrogens is 274 g/mol. The van der Waals surface area contributed by atoms with Crippen LogP contribution in [-0.4, -0.2) is 20.2 Å². The van der Waals surface area contributed by atoms with Crippen molar-refractivity contribution < 1.29 is 10.2 Å². The maximum Gasteiger partial charge on any atom is 0.188 e. The van der Waals surface area contributed by atoms with Crippen molar-refractivity contribution in [3.63, 3.8) is 0 Å². The topological polar surface area (TPSA) is 78.3 Å². The quantitative estimate of drug-likeness (QED) is 0.643. The fourth-order valence-corrected chi connectivity index (χ4v) is 2.51. The second kappa shape index (κ2) is 5.18. The Morgan fingerprint density at radius 1 is 1.00 bits per heavy atom. The van der Waals surface area contributed by atoms with Crippen molar-refractivity contribution >= 4 is 22.3 Å². The van der Waals surface area contributed by atoms with Crippen LogP contribution in [0.5, 0.6) is 11.5 Å². The number of hydrogen-bond donors (Lipinski definition) is 3. The summed E-state index contributed by atoms with van der Waals surface area (Å²) in [5.41, 5.74) is 0.798. The van der Waals surface area contributed by atoms with Gasteiger partial charge in [0.1, 0.15) is 5.82 Å². The van der Waals surface area contributed by atoms with Gasteiger partial charge in [0.15, 0.2) is 16.6 Å². The molecule has 0 spiro atoms. The fourth-order valence-electron chi connectivity index (χ4n) is 1.69. The zero-order chi connectivity index (χ0) is 13.9. The second-order valence-electron chi connectivity index (χ2n) is 4.07. The van der Waals surface area contributed by atoms with Gasteiger partial charge < -0.3 is 15.5 Å². The van der Waals surface area contributed by atoms with Crippen molar-refractivity contribution in [1.82, 2.24) is 9.97 Å². The number of hydrogen-bond acceptors (Lipinski definition) is 6. The lowest BCUT2D eigenvalue weighted by Crippen LogP contribution is -1.90. The van der Waals surface area contributed by atoms with E-state index in [4.69, 9.17) is 0 Å². The standard InChI is InChI=1S/C14H11N3O2S/c18-10-5-4-9(7-11(10)19)12-8-16-14(20-12)17-13-3-1-2-6-15-13/h1-8,18-19H,(H,15,16,17). The molecule has 5 nitrogen and oxygen atoms in total. The average Bonchev–Trinajstić information content (AvgIpc) is 2.91. The largest absolute Gasteiger partial charge is 0.504 e. The average molecular weight is 285 g/mol. The third-order valence-corrected chi connectivity index (χ3v) is 3.63. The van der Waals surface area contributed by atoms with E-state index in [1.54, 1.807) is 18.5 Å². The van der Waals surface area contributed by atoms with Crippen molar-refractivity contribution in [2.75, 3.05) is 5.32 Å². The van der Waals surface area contributed by atoms with Crippen molar-refractivity contribution in [3.05, 3.63) is 48.8 Å². The van der Waals surface area contributed by atoms with Crippen LogP contribution in [0.3, 0.4) is 0 Å². The molecule has 3 rings (SSSR count). The molecule has 2 heterocycles. The molecule has 6 heteroatoms. The van der Waals surface area contributed by atoms with Crippen LogP contribution in [0, 0.1) is 0 Å². The summed E-state index contributed by atoms with van der Waals surface area (Å²) in [4.78, 5) is 9.32. The summed E-state index contributed by atoms with van der Waals surface area (Å²) in [6.07, 6.45) is 3.41. The highest BCUT2D eigenvalue weighted by molar-refractivity contribution is 7.18. The molecule has 2 aromatic heterocycles. The second-order valence-corrected chi connectivity index (χ2v) is 5.10. The van der Waals surface area contributed by atoms with E-state index in [0.717, 1.165) is 16.3 Å². The Bertz CT molecular complexity index is 728. The summed E-state index contributed by atoms with van der Waals surface area (Å²) < 4.78 is 0. The number of pyridine rings is 1. The lowest BCUT2D eigenvalue weighted by atomic mass is 10.2. The van der Waals surface area contributed by atoms with Gasteiger partial charge >= 0.3 is 0 Å². The maximum absolute atomic E-state index is 9.51. The van der Waals surface area contributed by atoms with Gasteiger partial charge in [0, 0.05) is 12.4 Å². The Morgan fingerprint density at radius 3 is 2.65 bits per heavy atom. The van der Waals surface area contributed by atoms with Crippen LogP contribution >= 0.6 is 11.3 Å². The number of benzene rings is 1. The Labute approximate surface area is 119 Å². The number of anilines is 2. The molecular formula is C14H11N3O2S. The van der Waals surface area contributed by atoms with Crippen LogP contribution in [0.4, 0.5) is 10.9 Å². The van der Waals surface area contributed by atoms with Crippen LogP contribution in [0.2, 0.25) is 0 Å². The first-order valence-corrected chi connectivity index (χ1v) is 6.70. The van der Waals surface area contributed by atoms with Gasteiger partial charge in [0.2, 0.25) is 0 Å². The molecule has 0 saturated heterocycles. The minimum Gasteiger partial charge on any atom is -0.504 e. The predicted molar refractivity (Wildman–Crippen MR) is 78.4 cm³/mol. The number of nitrogens with one attached hydrogen (secondary N) is 1. The fraction of sp³-hybridized carbons (Fsp3) is 0. The van der Waals surface area contributed by atoms with Gasteiger partial charge in [-0.3, -0.25) is 0 Å². The smallest absolute Gasteiger partial charge is 0.188 e. The third-order valence-electron chi connectivity index (χ3n) is 2.67. The minimum atomic E-state index is -0.143. The van der Waals surface area contributed by atoms with Crippen LogP contribution in [0.25, 0.3) is 10.4 Å². The summed E-state index contributed by atoms with van der Waals surface area (Å²) in [5, 5.41) is 22.6. The molecule has 0 saturated carbocycles. The number of aromatic hydroxyl groups is 2. The lowest BCUT2D eigenvalue weighted by molar-refractivity contribution is 0.404. The van der Waals surface area contributed by atoms with E-state index in [1.807, 2.05) is 18.2 Å². The summed E-state index contributed by atoms with van der Waals surface area (Å²) in [6, 6.07) is 10.3. The van der Waals surface area contributed by atoms with Crippen LogP contribution < -0.4 is 5.32 Å². The SMILES string of the molecule is Oc1ccc(-c2cnc(Nc3ccccn3)s2)cc1O. The number of thiazole rings is 1. The van der Waals surface area contributed by atoms with Crippen molar-refractivity contribution in [2.45, 2.75) is 0 Å². The molecule has 0 aliphatic carbocycles. The Hall–Kier alpha value is -2.60. The zero-order valence-electron chi connectivity index (χ0n) is 10.3. The summed E-state index contributed by atoms with van der Waals surface area (Å²) in [6.45, 7) is 0. The van der Waals surface area contributed by atoms with Crippen molar-refractivity contribution in [3.8, 4) is 21.9 Å². The van der Waals surface area contributed by atoms with Crippen LogP contribution in [0.15, 0.2) is 48.8 Å². The number of phenols is 2. The molecule has 100 valence electrons. The third kappa shape index (κ3) is 2.55. The highest BCUT2D eigenvalue weighted by Crippen LogP contribution is 2.34. The Kier molecular flexibility index (Phi) is 3.22. The zero-order valence-corrected chi connectivity index (χ0v) is 11.1. The molecule has 3 aromatic rings. The van der Waals surface area contributed by atoms with E-state index in [0.29, 0.717) is 5.13 Å². The molecule has 0 aliphatic heterocycles. The van der Waals surface area contributed by atoms with Crippen LogP contribution in [-0.2, 0) is 0 Å². The Morgan fingerprint density at radius 2 is 1.90 bits per heavy atom. The monoisotopic (exact) mass is 285 g/mol. The van der Waals surface area contributed by atoms with Gasteiger partial charge in [-0.25, -0.2) is 9.97 Å². The first-order chi connectivity index (χ1) is 9.72. The summed E-state index contributed by atoms with van der Waals surface area (Å²) in [7, 11) is 0. The summed E-state index contributed by atoms with van der Waals surface area (Å²) in [5.74, 6) is 0.446. The van der Waals surface area contributed by atoms with E-state index < -0.39 is 0 Å². The molecule has 1 aromatic carbocycles. The first-order valence-electron chi connectivity index (χ1n) is 5.88. The highest BCUT2D eigenvalue weighted by atomic mass is 32.1.